The van der Waals surface area contributed by atoms with Crippen LogP contribution in [0.4, 0.5) is 0 Å². The van der Waals surface area contributed by atoms with Gasteiger partial charge < -0.3 is 4.74 Å². The maximum atomic E-state index is 11.2. The second kappa shape index (κ2) is 8.30. The number of carbonyl (C=O) groups excluding carboxylic acids is 1. The van der Waals surface area contributed by atoms with Crippen LogP contribution in [-0.4, -0.2) is 5.97 Å². The Kier molecular flexibility index (Phi) is 5.65. The topological polar surface area (TPSA) is 26.3 Å². The maximum absolute atomic E-state index is 11.2. The molecule has 0 aliphatic carbocycles. The summed E-state index contributed by atoms with van der Waals surface area (Å²) in [6.07, 6.45) is 0.917. The lowest BCUT2D eigenvalue weighted by atomic mass is 9.88. The standard InChI is InChI=1S/C24H22O2/c1-3-23(19-10-6-4-7-11-19)24(20-12-8-5-9-13-20)21-14-16-22(17-15-21)26-18(2)25/h4-17H,3H2,1-2H3/b24-23+. The molecule has 2 nitrogen and oxygen atoms in total. The fraction of sp³-hybridized carbons (Fsp3) is 0.125. The number of allylic oxidation sites excluding steroid dienone is 1. The van der Waals surface area contributed by atoms with Gasteiger partial charge in [-0.05, 0) is 46.4 Å². The molecule has 0 radical (unpaired) electrons. The van der Waals surface area contributed by atoms with Crippen molar-refractivity contribution in [3.8, 4) is 5.75 Å². The number of benzene rings is 3. The van der Waals surface area contributed by atoms with Gasteiger partial charge in [0.2, 0.25) is 0 Å². The highest BCUT2D eigenvalue weighted by Crippen LogP contribution is 2.34. The number of ether oxygens (including phenoxy) is 1. The molecule has 0 aliphatic heterocycles. The molecule has 0 aromatic heterocycles. The quantitative estimate of drug-likeness (QED) is 0.324. The van der Waals surface area contributed by atoms with Crippen molar-refractivity contribution in [3.63, 3.8) is 0 Å². The fourth-order valence-corrected chi connectivity index (χ4v) is 3.14. The summed E-state index contributed by atoms with van der Waals surface area (Å²) in [5.41, 5.74) is 5.99. The third-order valence-corrected chi connectivity index (χ3v) is 4.24. The molecular formula is C24H22O2. The van der Waals surface area contributed by atoms with E-state index in [-0.39, 0.29) is 5.97 Å². The van der Waals surface area contributed by atoms with E-state index in [1.807, 2.05) is 36.4 Å². The van der Waals surface area contributed by atoms with E-state index in [2.05, 4.69) is 55.5 Å². The van der Waals surface area contributed by atoms with E-state index in [4.69, 9.17) is 4.74 Å². The average molecular weight is 342 g/mol. The van der Waals surface area contributed by atoms with Gasteiger partial charge in [-0.2, -0.15) is 0 Å². The summed E-state index contributed by atoms with van der Waals surface area (Å²) >= 11 is 0. The Morgan fingerprint density at radius 1 is 0.731 bits per heavy atom. The first-order valence-corrected chi connectivity index (χ1v) is 8.82. The molecule has 130 valence electrons. The molecule has 0 saturated heterocycles. The summed E-state index contributed by atoms with van der Waals surface area (Å²) in [6.45, 7) is 3.59. The van der Waals surface area contributed by atoms with E-state index >= 15 is 0 Å². The molecule has 3 rings (SSSR count). The summed E-state index contributed by atoms with van der Waals surface area (Å²) in [5, 5.41) is 0. The van der Waals surface area contributed by atoms with Crippen LogP contribution in [-0.2, 0) is 4.79 Å². The molecule has 0 spiro atoms. The summed E-state index contributed by atoms with van der Waals surface area (Å²) in [6, 6.07) is 28.6. The number of hydrogen-bond acceptors (Lipinski definition) is 2. The van der Waals surface area contributed by atoms with Crippen LogP contribution in [0.1, 0.15) is 37.0 Å². The van der Waals surface area contributed by atoms with Gasteiger partial charge in [-0.3, -0.25) is 4.79 Å². The van der Waals surface area contributed by atoms with Crippen molar-refractivity contribution in [2.75, 3.05) is 0 Å². The Hall–Kier alpha value is -3.13. The molecule has 0 fully saturated rings. The van der Waals surface area contributed by atoms with Crippen molar-refractivity contribution in [1.29, 1.82) is 0 Å². The van der Waals surface area contributed by atoms with E-state index in [1.165, 1.54) is 29.2 Å². The van der Waals surface area contributed by atoms with Crippen LogP contribution in [0, 0.1) is 0 Å². The highest BCUT2D eigenvalue weighted by atomic mass is 16.5. The van der Waals surface area contributed by atoms with Gasteiger partial charge in [-0.25, -0.2) is 0 Å². The lowest BCUT2D eigenvalue weighted by Crippen LogP contribution is -2.01. The third kappa shape index (κ3) is 4.09. The number of hydrogen-bond donors (Lipinski definition) is 0. The van der Waals surface area contributed by atoms with Gasteiger partial charge in [0, 0.05) is 6.92 Å². The predicted octanol–water partition coefficient (Wildman–Crippen LogP) is 5.98. The van der Waals surface area contributed by atoms with Gasteiger partial charge >= 0.3 is 5.97 Å². The molecule has 0 bridgehead atoms. The highest BCUT2D eigenvalue weighted by Gasteiger charge is 2.13. The van der Waals surface area contributed by atoms with Gasteiger partial charge in [0.15, 0.2) is 0 Å². The van der Waals surface area contributed by atoms with E-state index in [0.717, 1.165) is 12.0 Å². The summed E-state index contributed by atoms with van der Waals surface area (Å²) in [5.74, 6) is 0.251. The minimum atomic E-state index is -0.310. The van der Waals surface area contributed by atoms with Crippen LogP contribution >= 0.6 is 0 Å². The first kappa shape index (κ1) is 17.7. The molecule has 2 heteroatoms. The molecule has 3 aromatic rings. The van der Waals surface area contributed by atoms with Crippen LogP contribution < -0.4 is 4.74 Å². The second-order valence-corrected chi connectivity index (χ2v) is 6.06. The first-order valence-electron chi connectivity index (χ1n) is 8.82. The Morgan fingerprint density at radius 3 is 1.73 bits per heavy atom. The van der Waals surface area contributed by atoms with Crippen LogP contribution in [0.15, 0.2) is 84.9 Å². The van der Waals surface area contributed by atoms with Crippen molar-refractivity contribution in [1.82, 2.24) is 0 Å². The SMILES string of the molecule is CC/C(=C(/c1ccccc1)c1ccc(OC(C)=O)cc1)c1ccccc1. The van der Waals surface area contributed by atoms with Gasteiger partial charge in [0.25, 0.3) is 0 Å². The van der Waals surface area contributed by atoms with Crippen molar-refractivity contribution >= 4 is 17.1 Å². The zero-order valence-corrected chi connectivity index (χ0v) is 15.1. The molecule has 0 unspecified atom stereocenters. The number of rotatable bonds is 5. The molecule has 0 aliphatic rings. The Balaban J connectivity index is 2.16. The van der Waals surface area contributed by atoms with Gasteiger partial charge in [-0.1, -0.05) is 79.7 Å². The highest BCUT2D eigenvalue weighted by molar-refractivity contribution is 5.98. The summed E-state index contributed by atoms with van der Waals surface area (Å²) in [7, 11) is 0. The number of esters is 1. The minimum Gasteiger partial charge on any atom is -0.427 e. The van der Waals surface area contributed by atoms with Crippen LogP contribution in [0.25, 0.3) is 11.1 Å². The third-order valence-electron chi connectivity index (χ3n) is 4.24. The smallest absolute Gasteiger partial charge is 0.308 e. The largest absolute Gasteiger partial charge is 0.427 e. The lowest BCUT2D eigenvalue weighted by molar-refractivity contribution is -0.131. The van der Waals surface area contributed by atoms with Crippen LogP contribution in [0.3, 0.4) is 0 Å². The van der Waals surface area contributed by atoms with E-state index in [0.29, 0.717) is 5.75 Å². The fourth-order valence-electron chi connectivity index (χ4n) is 3.14. The van der Waals surface area contributed by atoms with Crippen LogP contribution in [0.2, 0.25) is 0 Å². The zero-order valence-electron chi connectivity index (χ0n) is 15.1. The first-order chi connectivity index (χ1) is 12.7. The van der Waals surface area contributed by atoms with Crippen molar-refractivity contribution in [3.05, 3.63) is 102 Å². The van der Waals surface area contributed by atoms with Crippen molar-refractivity contribution in [2.45, 2.75) is 20.3 Å². The minimum absolute atomic E-state index is 0.310. The van der Waals surface area contributed by atoms with E-state index in [1.54, 1.807) is 0 Å². The average Bonchev–Trinajstić information content (AvgIpc) is 2.68. The number of carbonyl (C=O) groups is 1. The summed E-state index contributed by atoms with van der Waals surface area (Å²) in [4.78, 5) is 11.2. The normalized spacial score (nSPS) is 11.6. The molecule has 3 aromatic carbocycles. The Morgan fingerprint density at radius 2 is 1.23 bits per heavy atom. The molecular weight excluding hydrogens is 320 g/mol. The molecule has 0 atom stereocenters. The summed E-state index contributed by atoms with van der Waals surface area (Å²) < 4.78 is 5.17. The Labute approximate surface area is 154 Å². The molecule has 0 N–H and O–H groups in total. The van der Waals surface area contributed by atoms with Gasteiger partial charge in [-0.15, -0.1) is 0 Å². The maximum Gasteiger partial charge on any atom is 0.308 e. The lowest BCUT2D eigenvalue weighted by Gasteiger charge is -2.16. The molecule has 0 saturated carbocycles. The monoisotopic (exact) mass is 342 g/mol. The Bertz CT molecular complexity index is 892. The van der Waals surface area contributed by atoms with Crippen LogP contribution in [0.5, 0.6) is 5.75 Å². The van der Waals surface area contributed by atoms with E-state index in [9.17, 15) is 4.79 Å². The second-order valence-electron chi connectivity index (χ2n) is 6.06. The van der Waals surface area contributed by atoms with Gasteiger partial charge in [0.05, 0.1) is 0 Å². The van der Waals surface area contributed by atoms with Crippen molar-refractivity contribution < 1.29 is 9.53 Å². The zero-order chi connectivity index (χ0) is 18.4. The van der Waals surface area contributed by atoms with Crippen molar-refractivity contribution in [2.24, 2.45) is 0 Å². The van der Waals surface area contributed by atoms with E-state index < -0.39 is 0 Å². The van der Waals surface area contributed by atoms with Gasteiger partial charge in [0.1, 0.15) is 5.75 Å². The molecule has 26 heavy (non-hydrogen) atoms. The predicted molar refractivity (Wildman–Crippen MR) is 107 cm³/mol. The molecule has 0 heterocycles. The molecule has 0 amide bonds.